The minimum Gasteiger partial charge on any atom is -0.294 e. The fraction of sp³-hybridized carbons (Fsp3) is 0.333. The second-order valence-corrected chi connectivity index (χ2v) is 3.78. The van der Waals surface area contributed by atoms with Gasteiger partial charge in [-0.1, -0.05) is 0 Å². The molecule has 5 nitrogen and oxygen atoms in total. The van der Waals surface area contributed by atoms with E-state index in [2.05, 4.69) is 15.1 Å². The zero-order valence-corrected chi connectivity index (χ0v) is 9.92. The molecule has 0 N–H and O–H groups in total. The van der Waals surface area contributed by atoms with E-state index < -0.39 is 0 Å². The highest BCUT2D eigenvalue weighted by Crippen LogP contribution is 2.05. The van der Waals surface area contributed by atoms with Crippen LogP contribution in [0.1, 0.15) is 28.8 Å². The maximum Gasteiger partial charge on any atom is 0.171 e. The maximum atomic E-state index is 12.0. The van der Waals surface area contributed by atoms with Crippen molar-refractivity contribution in [2.45, 2.75) is 26.8 Å². The summed E-state index contributed by atoms with van der Waals surface area (Å²) in [5.41, 5.74) is 1.51. The summed E-state index contributed by atoms with van der Waals surface area (Å²) in [7, 11) is 0. The van der Waals surface area contributed by atoms with Crippen LogP contribution in [0.25, 0.3) is 0 Å². The number of carbonyl (C=O) groups excluding carboxylic acids is 1. The van der Waals surface area contributed by atoms with Crippen molar-refractivity contribution in [1.29, 1.82) is 0 Å². The first-order valence-corrected chi connectivity index (χ1v) is 5.53. The molecule has 0 aliphatic carbocycles. The van der Waals surface area contributed by atoms with Gasteiger partial charge >= 0.3 is 0 Å². The molecule has 0 atom stereocenters. The van der Waals surface area contributed by atoms with Crippen molar-refractivity contribution in [1.82, 2.24) is 19.7 Å². The van der Waals surface area contributed by atoms with E-state index in [0.29, 0.717) is 11.4 Å². The van der Waals surface area contributed by atoms with Gasteiger partial charge in [-0.15, -0.1) is 0 Å². The molecule has 2 aromatic rings. The lowest BCUT2D eigenvalue weighted by Gasteiger charge is -2.02. The molecule has 0 bridgehead atoms. The molecule has 2 rings (SSSR count). The predicted octanol–water partition coefficient (Wildman–Crippen LogP) is 1.43. The van der Waals surface area contributed by atoms with Crippen molar-refractivity contribution in [3.63, 3.8) is 0 Å². The summed E-state index contributed by atoms with van der Waals surface area (Å²) in [6.45, 7) is 4.58. The Labute approximate surface area is 99.5 Å². The fourth-order valence-electron chi connectivity index (χ4n) is 1.57. The molecule has 0 unspecified atom stereocenters. The van der Waals surface area contributed by atoms with Gasteiger partial charge in [0.2, 0.25) is 0 Å². The first-order valence-electron chi connectivity index (χ1n) is 5.53. The molecule has 88 valence electrons. The van der Waals surface area contributed by atoms with Gasteiger partial charge in [0.15, 0.2) is 5.78 Å². The quantitative estimate of drug-likeness (QED) is 0.745. The highest BCUT2D eigenvalue weighted by atomic mass is 16.1. The third-order valence-corrected chi connectivity index (χ3v) is 2.55. The molecule has 0 aromatic carbocycles. The van der Waals surface area contributed by atoms with E-state index in [1.165, 1.54) is 6.33 Å². The molecule has 0 spiro atoms. The maximum absolute atomic E-state index is 12.0. The number of hydrogen-bond donors (Lipinski definition) is 0. The molecule has 0 radical (unpaired) electrons. The molecule has 0 saturated heterocycles. The first-order chi connectivity index (χ1) is 8.20. The number of nitrogens with zero attached hydrogens (tertiary/aromatic N) is 4. The van der Waals surface area contributed by atoms with Crippen LogP contribution in [-0.2, 0) is 13.0 Å². The van der Waals surface area contributed by atoms with Crippen molar-refractivity contribution >= 4 is 5.78 Å². The molecule has 0 aliphatic heterocycles. The van der Waals surface area contributed by atoms with Gasteiger partial charge in [-0.2, -0.15) is 5.10 Å². The standard InChI is InChI=1S/C12H14N4O/c1-3-16-12(14-8-15-16)6-11(17)10-5-4-9(2)13-7-10/h4-5,7-8H,3,6H2,1-2H3. The second kappa shape index (κ2) is 4.86. The summed E-state index contributed by atoms with van der Waals surface area (Å²) >= 11 is 0. The number of aromatic nitrogens is 4. The Kier molecular flexibility index (Phi) is 3.27. The lowest BCUT2D eigenvalue weighted by molar-refractivity contribution is 0.0989. The van der Waals surface area contributed by atoms with E-state index in [1.807, 2.05) is 19.9 Å². The van der Waals surface area contributed by atoms with Crippen LogP contribution in [0.5, 0.6) is 0 Å². The summed E-state index contributed by atoms with van der Waals surface area (Å²) < 4.78 is 1.72. The van der Waals surface area contributed by atoms with Gasteiger partial charge < -0.3 is 0 Å². The van der Waals surface area contributed by atoms with Crippen LogP contribution in [0, 0.1) is 6.92 Å². The van der Waals surface area contributed by atoms with Crippen LogP contribution in [0.15, 0.2) is 24.7 Å². The van der Waals surface area contributed by atoms with Crippen molar-refractivity contribution < 1.29 is 4.79 Å². The number of carbonyl (C=O) groups is 1. The normalized spacial score (nSPS) is 10.5. The van der Waals surface area contributed by atoms with E-state index in [-0.39, 0.29) is 12.2 Å². The van der Waals surface area contributed by atoms with Gasteiger partial charge in [0, 0.05) is 24.0 Å². The molecule has 0 saturated carbocycles. The number of aryl methyl sites for hydroxylation is 2. The van der Waals surface area contributed by atoms with Crippen LogP contribution < -0.4 is 0 Å². The monoisotopic (exact) mass is 230 g/mol. The van der Waals surface area contributed by atoms with Gasteiger partial charge in [-0.3, -0.25) is 9.78 Å². The summed E-state index contributed by atoms with van der Waals surface area (Å²) in [5.74, 6) is 0.707. The van der Waals surface area contributed by atoms with E-state index in [9.17, 15) is 4.79 Å². The Balaban J connectivity index is 2.14. The lowest BCUT2D eigenvalue weighted by Crippen LogP contribution is -2.11. The Morgan fingerprint density at radius 3 is 2.82 bits per heavy atom. The van der Waals surface area contributed by atoms with Crippen LogP contribution in [-0.4, -0.2) is 25.5 Å². The third-order valence-electron chi connectivity index (χ3n) is 2.55. The molecular formula is C12H14N4O. The van der Waals surface area contributed by atoms with Gasteiger partial charge in [-0.05, 0) is 26.0 Å². The first kappa shape index (κ1) is 11.4. The summed E-state index contributed by atoms with van der Waals surface area (Å²) in [6, 6.07) is 3.62. The van der Waals surface area contributed by atoms with Crippen molar-refractivity contribution in [3.8, 4) is 0 Å². The molecule has 0 aliphatic rings. The van der Waals surface area contributed by atoms with Gasteiger partial charge in [-0.25, -0.2) is 9.67 Å². The molecule has 2 aromatic heterocycles. The predicted molar refractivity (Wildman–Crippen MR) is 62.7 cm³/mol. The molecule has 2 heterocycles. The van der Waals surface area contributed by atoms with Crippen LogP contribution in [0.4, 0.5) is 0 Å². The molecule has 0 amide bonds. The van der Waals surface area contributed by atoms with E-state index >= 15 is 0 Å². The highest BCUT2D eigenvalue weighted by Gasteiger charge is 2.11. The van der Waals surface area contributed by atoms with E-state index in [4.69, 9.17) is 0 Å². The van der Waals surface area contributed by atoms with Gasteiger partial charge in [0.1, 0.15) is 12.2 Å². The molecular weight excluding hydrogens is 216 g/mol. The Morgan fingerprint density at radius 2 is 2.18 bits per heavy atom. The Bertz CT molecular complexity index is 516. The molecule has 0 fully saturated rings. The third kappa shape index (κ3) is 2.55. The van der Waals surface area contributed by atoms with Crippen LogP contribution >= 0.6 is 0 Å². The summed E-state index contributed by atoms with van der Waals surface area (Å²) in [5, 5.41) is 4.03. The summed E-state index contributed by atoms with van der Waals surface area (Å²) in [6.07, 6.45) is 3.34. The topological polar surface area (TPSA) is 60.7 Å². The van der Waals surface area contributed by atoms with Crippen molar-refractivity contribution in [2.24, 2.45) is 0 Å². The van der Waals surface area contributed by atoms with Crippen molar-refractivity contribution in [2.75, 3.05) is 0 Å². The number of rotatable bonds is 4. The lowest BCUT2D eigenvalue weighted by atomic mass is 10.1. The Morgan fingerprint density at radius 1 is 1.35 bits per heavy atom. The zero-order chi connectivity index (χ0) is 12.3. The summed E-state index contributed by atoms with van der Waals surface area (Å²) in [4.78, 5) is 20.2. The largest absolute Gasteiger partial charge is 0.294 e. The van der Waals surface area contributed by atoms with E-state index in [0.717, 1.165) is 12.2 Å². The van der Waals surface area contributed by atoms with Crippen LogP contribution in [0.3, 0.4) is 0 Å². The SMILES string of the molecule is CCn1ncnc1CC(=O)c1ccc(C)nc1. The Hall–Kier alpha value is -2.04. The van der Waals surface area contributed by atoms with E-state index in [1.54, 1.807) is 16.9 Å². The smallest absolute Gasteiger partial charge is 0.171 e. The second-order valence-electron chi connectivity index (χ2n) is 3.78. The van der Waals surface area contributed by atoms with Gasteiger partial charge in [0.05, 0.1) is 6.42 Å². The minimum atomic E-state index is 0.0141. The average Bonchev–Trinajstić information content (AvgIpc) is 2.77. The average molecular weight is 230 g/mol. The number of ketones is 1. The fourth-order valence-corrected chi connectivity index (χ4v) is 1.57. The zero-order valence-electron chi connectivity index (χ0n) is 9.92. The molecule has 5 heteroatoms. The van der Waals surface area contributed by atoms with Crippen molar-refractivity contribution in [3.05, 3.63) is 41.7 Å². The number of pyridine rings is 1. The number of Topliss-reactive ketones (excluding diaryl/α,β-unsaturated/α-hetero) is 1. The van der Waals surface area contributed by atoms with Crippen LogP contribution in [0.2, 0.25) is 0 Å². The molecule has 17 heavy (non-hydrogen) atoms. The minimum absolute atomic E-state index is 0.0141. The highest BCUT2D eigenvalue weighted by molar-refractivity contribution is 5.96. The number of hydrogen-bond acceptors (Lipinski definition) is 4. The van der Waals surface area contributed by atoms with Gasteiger partial charge in [0.25, 0.3) is 0 Å².